The Morgan fingerprint density at radius 3 is 2.87 bits per heavy atom. The quantitative estimate of drug-likeness (QED) is 0.636. The van der Waals surface area contributed by atoms with E-state index < -0.39 is 5.97 Å². The number of carboxylic acid groups (broad SMARTS) is 1. The molecule has 3 heteroatoms. The molecule has 3 nitrogen and oxygen atoms in total. The molecule has 84 valence electrons. The van der Waals surface area contributed by atoms with Gasteiger partial charge in [0.05, 0.1) is 0 Å². The molecular formula is C12H17O3-. The summed E-state index contributed by atoms with van der Waals surface area (Å²) in [6.45, 7) is 2.03. The molecule has 1 aliphatic rings. The fraction of sp³-hybridized carbons (Fsp3) is 0.667. The average Bonchev–Trinajstić information content (AvgIpc) is 2.49. The van der Waals surface area contributed by atoms with Crippen molar-refractivity contribution in [1.82, 2.24) is 0 Å². The van der Waals surface area contributed by atoms with Gasteiger partial charge in [-0.05, 0) is 31.6 Å². The predicted octanol–water partition coefficient (Wildman–Crippen LogP) is 1.08. The van der Waals surface area contributed by atoms with Gasteiger partial charge in [-0.2, -0.15) is 0 Å². The zero-order valence-electron chi connectivity index (χ0n) is 9.07. The Labute approximate surface area is 90.2 Å². The van der Waals surface area contributed by atoms with E-state index in [4.69, 9.17) is 0 Å². The van der Waals surface area contributed by atoms with Gasteiger partial charge in [0.15, 0.2) is 0 Å². The van der Waals surface area contributed by atoms with Gasteiger partial charge in [0.25, 0.3) is 0 Å². The Bertz CT molecular complexity index is 268. The molecule has 0 aliphatic heterocycles. The molecule has 1 aliphatic carbocycles. The van der Waals surface area contributed by atoms with Crippen molar-refractivity contribution in [2.24, 2.45) is 11.8 Å². The van der Waals surface area contributed by atoms with Gasteiger partial charge < -0.3 is 9.90 Å². The van der Waals surface area contributed by atoms with E-state index >= 15 is 0 Å². The molecule has 0 heterocycles. The summed E-state index contributed by atoms with van der Waals surface area (Å²) in [5.41, 5.74) is 0. The second-order valence-electron chi connectivity index (χ2n) is 4.06. The maximum atomic E-state index is 11.5. The molecule has 0 aromatic carbocycles. The summed E-state index contributed by atoms with van der Waals surface area (Å²) in [7, 11) is 0. The normalized spacial score (nSPS) is 26.3. The number of hydrogen-bond acceptors (Lipinski definition) is 3. The SMILES string of the molecule is CCC=CC[C@H]1C(=O)CC[C@@H]1CC(=O)[O-]. The van der Waals surface area contributed by atoms with Crippen molar-refractivity contribution < 1.29 is 14.7 Å². The second-order valence-corrected chi connectivity index (χ2v) is 4.06. The highest BCUT2D eigenvalue weighted by Crippen LogP contribution is 2.33. The molecule has 0 N–H and O–H groups in total. The van der Waals surface area contributed by atoms with Crippen LogP contribution in [-0.4, -0.2) is 11.8 Å². The number of Topliss-reactive ketones (excluding diaryl/α,β-unsaturated/α-hetero) is 1. The van der Waals surface area contributed by atoms with Crippen LogP contribution in [0, 0.1) is 11.8 Å². The van der Waals surface area contributed by atoms with Crippen LogP contribution in [0.15, 0.2) is 12.2 Å². The molecule has 15 heavy (non-hydrogen) atoms. The summed E-state index contributed by atoms with van der Waals surface area (Å²) in [4.78, 5) is 22.0. The molecule has 0 unspecified atom stereocenters. The Morgan fingerprint density at radius 2 is 2.27 bits per heavy atom. The Kier molecular flexibility index (Phi) is 4.53. The van der Waals surface area contributed by atoms with E-state index in [0.717, 1.165) is 6.42 Å². The highest BCUT2D eigenvalue weighted by atomic mass is 16.4. The van der Waals surface area contributed by atoms with Gasteiger partial charge in [0, 0.05) is 18.3 Å². The van der Waals surface area contributed by atoms with Crippen molar-refractivity contribution in [1.29, 1.82) is 0 Å². The van der Waals surface area contributed by atoms with Gasteiger partial charge in [0.1, 0.15) is 5.78 Å². The molecule has 0 radical (unpaired) electrons. The first-order valence-corrected chi connectivity index (χ1v) is 5.52. The minimum Gasteiger partial charge on any atom is -0.550 e. The number of allylic oxidation sites excluding steroid dienone is 2. The molecule has 0 saturated heterocycles. The average molecular weight is 209 g/mol. The lowest BCUT2D eigenvalue weighted by Crippen LogP contribution is -2.27. The van der Waals surface area contributed by atoms with Crippen LogP contribution in [0.4, 0.5) is 0 Å². The Morgan fingerprint density at radius 1 is 1.53 bits per heavy atom. The fourth-order valence-corrected chi connectivity index (χ4v) is 2.17. The Balaban J connectivity index is 2.52. The summed E-state index contributed by atoms with van der Waals surface area (Å²) in [6, 6.07) is 0. The standard InChI is InChI=1S/C12H18O3/c1-2-3-4-5-10-9(8-12(14)15)6-7-11(10)13/h3-4,9-10H,2,5-8H2,1H3,(H,14,15)/p-1/t9-,10-/m1/s1. The largest absolute Gasteiger partial charge is 0.550 e. The second kappa shape index (κ2) is 5.69. The minimum absolute atomic E-state index is 0.0102. The first-order valence-electron chi connectivity index (χ1n) is 5.52. The van der Waals surface area contributed by atoms with Crippen LogP contribution in [0.1, 0.15) is 39.0 Å². The van der Waals surface area contributed by atoms with E-state index in [9.17, 15) is 14.7 Å². The van der Waals surface area contributed by atoms with Crippen molar-refractivity contribution in [2.75, 3.05) is 0 Å². The molecule has 0 amide bonds. The first-order chi connectivity index (χ1) is 7.15. The predicted molar refractivity (Wildman–Crippen MR) is 54.9 cm³/mol. The third-order valence-electron chi connectivity index (χ3n) is 2.97. The molecule has 0 bridgehead atoms. The molecule has 1 saturated carbocycles. The molecule has 0 aromatic rings. The third kappa shape index (κ3) is 3.50. The van der Waals surface area contributed by atoms with Crippen molar-refractivity contribution in [3.63, 3.8) is 0 Å². The lowest BCUT2D eigenvalue weighted by molar-refractivity contribution is -0.307. The van der Waals surface area contributed by atoms with Gasteiger partial charge >= 0.3 is 0 Å². The lowest BCUT2D eigenvalue weighted by Gasteiger charge is -2.17. The minimum atomic E-state index is -1.04. The summed E-state index contributed by atoms with van der Waals surface area (Å²) < 4.78 is 0. The highest BCUT2D eigenvalue weighted by Gasteiger charge is 2.33. The van der Waals surface area contributed by atoms with Crippen molar-refractivity contribution in [3.05, 3.63) is 12.2 Å². The van der Waals surface area contributed by atoms with Crippen LogP contribution in [0.3, 0.4) is 0 Å². The monoisotopic (exact) mass is 209 g/mol. The lowest BCUT2D eigenvalue weighted by atomic mass is 9.89. The van der Waals surface area contributed by atoms with E-state index in [1.807, 2.05) is 19.1 Å². The van der Waals surface area contributed by atoms with Crippen LogP contribution in [-0.2, 0) is 9.59 Å². The molecular weight excluding hydrogens is 192 g/mol. The number of hydrogen-bond donors (Lipinski definition) is 0. The summed E-state index contributed by atoms with van der Waals surface area (Å²) in [5.74, 6) is -0.934. The van der Waals surface area contributed by atoms with Gasteiger partial charge in [-0.3, -0.25) is 4.79 Å². The number of rotatable bonds is 5. The van der Waals surface area contributed by atoms with Crippen molar-refractivity contribution >= 4 is 11.8 Å². The van der Waals surface area contributed by atoms with Gasteiger partial charge in [-0.25, -0.2) is 0 Å². The molecule has 1 rings (SSSR count). The number of ketones is 1. The molecule has 0 spiro atoms. The number of carbonyl (C=O) groups is 2. The van der Waals surface area contributed by atoms with Gasteiger partial charge in [0.2, 0.25) is 0 Å². The summed E-state index contributed by atoms with van der Waals surface area (Å²) in [6.07, 6.45) is 6.89. The number of aliphatic carboxylic acids is 1. The fourth-order valence-electron chi connectivity index (χ4n) is 2.17. The number of carboxylic acids is 1. The summed E-state index contributed by atoms with van der Waals surface area (Å²) in [5, 5.41) is 10.5. The van der Waals surface area contributed by atoms with Crippen LogP contribution in [0.5, 0.6) is 0 Å². The van der Waals surface area contributed by atoms with Gasteiger partial charge in [-0.1, -0.05) is 19.1 Å². The maximum absolute atomic E-state index is 11.5. The third-order valence-corrected chi connectivity index (χ3v) is 2.97. The van der Waals surface area contributed by atoms with E-state index in [2.05, 4.69) is 0 Å². The molecule has 2 atom stereocenters. The van der Waals surface area contributed by atoms with Crippen LogP contribution >= 0.6 is 0 Å². The Hall–Kier alpha value is -1.12. The molecule has 1 fully saturated rings. The smallest absolute Gasteiger partial charge is 0.136 e. The van der Waals surface area contributed by atoms with E-state index in [1.54, 1.807) is 0 Å². The van der Waals surface area contributed by atoms with E-state index in [-0.39, 0.29) is 24.0 Å². The maximum Gasteiger partial charge on any atom is 0.136 e. The van der Waals surface area contributed by atoms with Crippen molar-refractivity contribution in [2.45, 2.75) is 39.0 Å². The van der Waals surface area contributed by atoms with Crippen molar-refractivity contribution in [3.8, 4) is 0 Å². The number of carbonyl (C=O) groups excluding carboxylic acids is 2. The van der Waals surface area contributed by atoms with Gasteiger partial charge in [-0.15, -0.1) is 0 Å². The summed E-state index contributed by atoms with van der Waals surface area (Å²) >= 11 is 0. The van der Waals surface area contributed by atoms with Crippen LogP contribution < -0.4 is 5.11 Å². The van der Waals surface area contributed by atoms with E-state index in [1.165, 1.54) is 0 Å². The first kappa shape index (κ1) is 12.0. The zero-order chi connectivity index (χ0) is 11.3. The molecule has 0 aromatic heterocycles. The van der Waals surface area contributed by atoms with Crippen LogP contribution in [0.25, 0.3) is 0 Å². The van der Waals surface area contributed by atoms with Crippen LogP contribution in [0.2, 0.25) is 0 Å². The topological polar surface area (TPSA) is 57.2 Å². The van der Waals surface area contributed by atoms with E-state index in [0.29, 0.717) is 19.3 Å². The zero-order valence-corrected chi connectivity index (χ0v) is 9.07. The highest BCUT2D eigenvalue weighted by molar-refractivity contribution is 5.84.